The molecule has 0 aromatic carbocycles. The number of hydrogen-bond donors (Lipinski definition) is 0. The zero-order valence-electron chi connectivity index (χ0n) is 7.91. The quantitative estimate of drug-likeness (QED) is 0.477. The van der Waals surface area contributed by atoms with Crippen LogP contribution in [0.25, 0.3) is 0 Å². The molecule has 0 bridgehead atoms. The summed E-state index contributed by atoms with van der Waals surface area (Å²) in [7, 11) is 1.48. The van der Waals surface area contributed by atoms with Gasteiger partial charge in [0.1, 0.15) is 12.0 Å². The number of hydrogen-bond acceptors (Lipinski definition) is 4. The molecule has 1 saturated carbocycles. The second kappa shape index (κ2) is 4.37. The van der Waals surface area contributed by atoms with E-state index in [1.54, 1.807) is 6.92 Å². The van der Waals surface area contributed by atoms with Crippen LogP contribution in [0.4, 0.5) is 0 Å². The highest BCUT2D eigenvalue weighted by Gasteiger charge is 2.39. The van der Waals surface area contributed by atoms with Gasteiger partial charge in [0, 0.05) is 7.11 Å². The zero-order valence-corrected chi connectivity index (χ0v) is 7.91. The van der Waals surface area contributed by atoms with E-state index in [1.807, 2.05) is 0 Å². The highest BCUT2D eigenvalue weighted by molar-refractivity contribution is 6.02. The lowest BCUT2D eigenvalue weighted by Gasteiger charge is -2.08. The van der Waals surface area contributed by atoms with Crippen molar-refractivity contribution in [1.29, 1.82) is 0 Å². The van der Waals surface area contributed by atoms with E-state index in [0.717, 1.165) is 0 Å². The van der Waals surface area contributed by atoms with Crippen molar-refractivity contribution in [2.45, 2.75) is 25.9 Å². The number of carbonyl (C=O) groups is 2. The first kappa shape index (κ1) is 10.2. The number of methoxy groups -OCH3 is 1. The number of ether oxygens (including phenoxy) is 2. The third kappa shape index (κ3) is 2.06. The smallest absolute Gasteiger partial charge is 0.316 e. The summed E-state index contributed by atoms with van der Waals surface area (Å²) in [6.07, 6.45) is 0.768. The standard InChI is InChI=1S/C9H14O4/c1-3-13-9(11)6-4-5-7(12-2)8(6)10/h6-7H,3-5H2,1-2H3. The summed E-state index contributed by atoms with van der Waals surface area (Å²) in [5, 5.41) is 0. The van der Waals surface area contributed by atoms with Gasteiger partial charge in [0.05, 0.1) is 6.61 Å². The van der Waals surface area contributed by atoms with E-state index in [2.05, 4.69) is 0 Å². The Morgan fingerprint density at radius 2 is 2.23 bits per heavy atom. The van der Waals surface area contributed by atoms with Crippen LogP contribution < -0.4 is 0 Å². The minimum atomic E-state index is -0.593. The maximum atomic E-state index is 11.4. The number of esters is 1. The molecule has 74 valence electrons. The second-order valence-corrected chi connectivity index (χ2v) is 3.01. The summed E-state index contributed by atoms with van der Waals surface area (Å²) in [6.45, 7) is 2.05. The molecule has 1 aliphatic rings. The lowest BCUT2D eigenvalue weighted by Crippen LogP contribution is -2.27. The van der Waals surface area contributed by atoms with Gasteiger partial charge in [0.15, 0.2) is 5.78 Å². The molecule has 2 atom stereocenters. The maximum absolute atomic E-state index is 11.4. The molecule has 1 rings (SSSR count). The molecule has 0 radical (unpaired) electrons. The van der Waals surface area contributed by atoms with E-state index in [0.29, 0.717) is 19.4 Å². The molecule has 4 heteroatoms. The average molecular weight is 186 g/mol. The van der Waals surface area contributed by atoms with Crippen molar-refractivity contribution in [3.8, 4) is 0 Å². The van der Waals surface area contributed by atoms with Crippen LogP contribution in [0.1, 0.15) is 19.8 Å². The van der Waals surface area contributed by atoms with Gasteiger partial charge in [0.2, 0.25) is 0 Å². The molecule has 13 heavy (non-hydrogen) atoms. The van der Waals surface area contributed by atoms with Crippen molar-refractivity contribution in [1.82, 2.24) is 0 Å². The zero-order chi connectivity index (χ0) is 9.84. The summed E-state index contributed by atoms with van der Waals surface area (Å²) in [5.41, 5.74) is 0. The van der Waals surface area contributed by atoms with E-state index in [-0.39, 0.29) is 5.78 Å². The summed E-state index contributed by atoms with van der Waals surface area (Å²) < 4.78 is 9.70. The van der Waals surface area contributed by atoms with Crippen LogP contribution in [-0.4, -0.2) is 31.6 Å². The van der Waals surface area contributed by atoms with Gasteiger partial charge in [-0.05, 0) is 19.8 Å². The van der Waals surface area contributed by atoms with Gasteiger partial charge in [-0.1, -0.05) is 0 Å². The predicted octanol–water partition coefficient (Wildman–Crippen LogP) is 0.544. The minimum Gasteiger partial charge on any atom is -0.465 e. The molecule has 0 spiro atoms. The Morgan fingerprint density at radius 3 is 2.69 bits per heavy atom. The van der Waals surface area contributed by atoms with Crippen LogP contribution >= 0.6 is 0 Å². The lowest BCUT2D eigenvalue weighted by atomic mass is 10.1. The Labute approximate surface area is 77.2 Å². The van der Waals surface area contributed by atoms with E-state index in [1.165, 1.54) is 7.11 Å². The Morgan fingerprint density at radius 1 is 1.54 bits per heavy atom. The Bertz CT molecular complexity index is 212. The minimum absolute atomic E-state index is 0.138. The van der Waals surface area contributed by atoms with Crippen molar-refractivity contribution in [2.75, 3.05) is 13.7 Å². The number of rotatable bonds is 3. The molecular weight excluding hydrogens is 172 g/mol. The molecule has 1 fully saturated rings. The summed E-state index contributed by atoms with van der Waals surface area (Å²) in [4.78, 5) is 22.6. The molecule has 0 aliphatic heterocycles. The van der Waals surface area contributed by atoms with Crippen molar-refractivity contribution < 1.29 is 19.1 Å². The van der Waals surface area contributed by atoms with E-state index >= 15 is 0 Å². The molecule has 0 heterocycles. The molecule has 4 nitrogen and oxygen atoms in total. The van der Waals surface area contributed by atoms with E-state index in [4.69, 9.17) is 9.47 Å². The highest BCUT2D eigenvalue weighted by Crippen LogP contribution is 2.24. The van der Waals surface area contributed by atoms with Crippen molar-refractivity contribution in [3.05, 3.63) is 0 Å². The Kier molecular flexibility index (Phi) is 3.42. The normalized spacial score (nSPS) is 27.7. The second-order valence-electron chi connectivity index (χ2n) is 3.01. The highest BCUT2D eigenvalue weighted by atomic mass is 16.5. The maximum Gasteiger partial charge on any atom is 0.316 e. The van der Waals surface area contributed by atoms with Gasteiger partial charge < -0.3 is 9.47 Å². The van der Waals surface area contributed by atoms with Gasteiger partial charge in [-0.3, -0.25) is 9.59 Å². The average Bonchev–Trinajstić information content (AvgIpc) is 2.47. The van der Waals surface area contributed by atoms with Gasteiger partial charge in [-0.15, -0.1) is 0 Å². The first-order valence-corrected chi connectivity index (χ1v) is 4.43. The van der Waals surface area contributed by atoms with Gasteiger partial charge in [-0.25, -0.2) is 0 Å². The number of Topliss-reactive ketones (excluding diaryl/α,β-unsaturated/α-hetero) is 1. The molecule has 0 saturated heterocycles. The van der Waals surface area contributed by atoms with Crippen LogP contribution in [0.2, 0.25) is 0 Å². The van der Waals surface area contributed by atoms with Crippen LogP contribution in [0, 0.1) is 5.92 Å². The van der Waals surface area contributed by atoms with Crippen LogP contribution in [0.5, 0.6) is 0 Å². The fourth-order valence-electron chi connectivity index (χ4n) is 1.54. The van der Waals surface area contributed by atoms with Gasteiger partial charge in [0.25, 0.3) is 0 Å². The van der Waals surface area contributed by atoms with E-state index < -0.39 is 18.0 Å². The Balaban J connectivity index is 2.54. The fourth-order valence-corrected chi connectivity index (χ4v) is 1.54. The molecule has 2 unspecified atom stereocenters. The summed E-state index contributed by atoms with van der Waals surface area (Å²) in [5.74, 6) is -1.14. The van der Waals surface area contributed by atoms with Crippen molar-refractivity contribution >= 4 is 11.8 Å². The third-order valence-electron chi connectivity index (χ3n) is 2.23. The molecule has 0 aromatic heterocycles. The van der Waals surface area contributed by atoms with Gasteiger partial charge >= 0.3 is 5.97 Å². The molecule has 0 N–H and O–H groups in total. The molecule has 0 aromatic rings. The third-order valence-corrected chi connectivity index (χ3v) is 2.23. The van der Waals surface area contributed by atoms with Crippen LogP contribution in [0.15, 0.2) is 0 Å². The number of carbonyl (C=O) groups excluding carboxylic acids is 2. The van der Waals surface area contributed by atoms with E-state index in [9.17, 15) is 9.59 Å². The SMILES string of the molecule is CCOC(=O)C1CCC(OC)C1=O. The summed E-state index contributed by atoms with van der Waals surface area (Å²) >= 11 is 0. The number of ketones is 1. The summed E-state index contributed by atoms with van der Waals surface area (Å²) in [6, 6.07) is 0. The van der Waals surface area contributed by atoms with Gasteiger partial charge in [-0.2, -0.15) is 0 Å². The molecular formula is C9H14O4. The molecule has 0 amide bonds. The first-order chi connectivity index (χ1) is 6.20. The van der Waals surface area contributed by atoms with Crippen molar-refractivity contribution in [2.24, 2.45) is 5.92 Å². The molecule has 1 aliphatic carbocycles. The van der Waals surface area contributed by atoms with Crippen LogP contribution in [-0.2, 0) is 19.1 Å². The fraction of sp³-hybridized carbons (Fsp3) is 0.778. The topological polar surface area (TPSA) is 52.6 Å². The monoisotopic (exact) mass is 186 g/mol. The lowest BCUT2D eigenvalue weighted by molar-refractivity contribution is -0.151. The Hall–Kier alpha value is -0.900. The van der Waals surface area contributed by atoms with Crippen LogP contribution in [0.3, 0.4) is 0 Å². The first-order valence-electron chi connectivity index (χ1n) is 4.43. The predicted molar refractivity (Wildman–Crippen MR) is 45.2 cm³/mol. The largest absolute Gasteiger partial charge is 0.465 e. The van der Waals surface area contributed by atoms with Crippen molar-refractivity contribution in [3.63, 3.8) is 0 Å².